The van der Waals surface area contributed by atoms with Crippen molar-refractivity contribution < 1.29 is 27.9 Å². The molecule has 4 heterocycles. The molecule has 3 atom stereocenters. The number of nitrogens with one attached hydrogen (secondary N) is 1. The number of carbonyl (C=O) groups excluding carboxylic acids is 1. The Hall–Kier alpha value is -4.08. The molecule has 5 fully saturated rings. The Morgan fingerprint density at radius 3 is 2.26 bits per heavy atom. The van der Waals surface area contributed by atoms with E-state index in [1.54, 1.807) is 18.2 Å². The van der Waals surface area contributed by atoms with E-state index in [1.165, 1.54) is 54.5 Å². The van der Waals surface area contributed by atoms with E-state index >= 15 is 8.78 Å². The van der Waals surface area contributed by atoms with Crippen molar-refractivity contribution in [3.63, 3.8) is 0 Å². The van der Waals surface area contributed by atoms with Crippen molar-refractivity contribution in [1.29, 1.82) is 5.26 Å². The molecule has 2 aromatic rings. The Kier molecular flexibility index (Phi) is 11.6. The summed E-state index contributed by atoms with van der Waals surface area (Å²) < 4.78 is 45.4. The standard InChI is InChI=1S/C42H53F3N6O3/c43-35-8-4-7-33(23-35)41(29-46,37-9-5-10-38(37)47-40(53)54)31-16-21-49(22-17-31)24-30-25-50(26-30)36-14-12-32(13-15-36)42(44,45)34-27-51(28-34)39(52)11-6-20-48-18-2-1-3-19-48/h4,6-8,11-15,23,30-31,34,37-38,47H,1-3,5,9-10,16-22,24-28H2,(H,53,54)/b11-6+/t37-,38-,41?/m0/s1. The first-order valence-corrected chi connectivity index (χ1v) is 19.9. The lowest BCUT2D eigenvalue weighted by molar-refractivity contribution is -0.151. The fraction of sp³-hybridized carbons (Fsp3) is 0.595. The van der Waals surface area contributed by atoms with Crippen molar-refractivity contribution in [2.24, 2.45) is 23.7 Å². The molecular weight excluding hydrogens is 693 g/mol. The molecule has 1 saturated carbocycles. The SMILES string of the molecule is N#CC(c1cccc(F)c1)(C1CCN(CC2CN(c3ccc(C(F)(F)C4CN(C(=O)/C=C/CN5CCCCC5)C4)cc3)C2)CC1)[C@H]1CCC[C@@H]1NC(=O)O. The number of likely N-dealkylation sites (tertiary alicyclic amines) is 3. The molecule has 1 aliphatic carbocycles. The van der Waals surface area contributed by atoms with Crippen molar-refractivity contribution in [1.82, 2.24) is 20.0 Å². The van der Waals surface area contributed by atoms with Gasteiger partial charge in [0.25, 0.3) is 5.92 Å². The van der Waals surface area contributed by atoms with Crippen LogP contribution in [0.3, 0.4) is 0 Å². The molecule has 0 aromatic heterocycles. The van der Waals surface area contributed by atoms with Crippen molar-refractivity contribution in [2.75, 3.05) is 70.3 Å². The third kappa shape index (κ3) is 7.99. The van der Waals surface area contributed by atoms with E-state index in [4.69, 9.17) is 0 Å². The molecular formula is C42H53F3N6O3. The first-order chi connectivity index (χ1) is 26.1. The van der Waals surface area contributed by atoms with E-state index in [-0.39, 0.29) is 42.4 Å². The molecule has 2 aromatic carbocycles. The van der Waals surface area contributed by atoms with Crippen LogP contribution in [0.1, 0.15) is 62.5 Å². The molecule has 290 valence electrons. The smallest absolute Gasteiger partial charge is 0.404 e. The Bertz CT molecular complexity index is 1690. The molecule has 2 N–H and O–H groups in total. The lowest BCUT2D eigenvalue weighted by atomic mass is 9.59. The molecule has 0 spiro atoms. The van der Waals surface area contributed by atoms with Gasteiger partial charge in [-0.15, -0.1) is 0 Å². The lowest BCUT2D eigenvalue weighted by Crippen LogP contribution is -2.55. The molecule has 4 aliphatic heterocycles. The number of alkyl halides is 2. The van der Waals surface area contributed by atoms with Gasteiger partial charge < -0.3 is 25.1 Å². The summed E-state index contributed by atoms with van der Waals surface area (Å²) >= 11 is 0. The monoisotopic (exact) mass is 746 g/mol. The summed E-state index contributed by atoms with van der Waals surface area (Å²) in [6.45, 7) is 7.07. The predicted octanol–water partition coefficient (Wildman–Crippen LogP) is 6.46. The van der Waals surface area contributed by atoms with Gasteiger partial charge in [-0.2, -0.15) is 5.26 Å². The molecule has 0 radical (unpaired) electrons. The van der Waals surface area contributed by atoms with Crippen LogP contribution in [0, 0.1) is 40.8 Å². The number of nitrogens with zero attached hydrogens (tertiary/aromatic N) is 5. The van der Waals surface area contributed by atoms with Crippen LogP contribution in [-0.2, 0) is 16.1 Å². The van der Waals surface area contributed by atoms with Gasteiger partial charge in [0.1, 0.15) is 5.82 Å². The van der Waals surface area contributed by atoms with Crippen molar-refractivity contribution in [3.8, 4) is 6.07 Å². The molecule has 1 unspecified atom stereocenters. The van der Waals surface area contributed by atoms with Crippen LogP contribution in [0.5, 0.6) is 0 Å². The second-order valence-corrected chi connectivity index (χ2v) is 16.3. The maximum absolute atomic E-state index is 15.4. The summed E-state index contributed by atoms with van der Waals surface area (Å²) in [7, 11) is 0. The second-order valence-electron chi connectivity index (χ2n) is 16.3. The average molecular weight is 747 g/mol. The minimum Gasteiger partial charge on any atom is -0.465 e. The summed E-state index contributed by atoms with van der Waals surface area (Å²) in [5.41, 5.74) is 0.553. The number of carboxylic acid groups (broad SMARTS) is 1. The van der Waals surface area contributed by atoms with Crippen LogP contribution in [0.25, 0.3) is 0 Å². The average Bonchev–Trinajstić information content (AvgIpc) is 3.58. The maximum Gasteiger partial charge on any atom is 0.404 e. The van der Waals surface area contributed by atoms with Crippen molar-refractivity contribution in [3.05, 3.63) is 77.6 Å². The molecule has 54 heavy (non-hydrogen) atoms. The Balaban J connectivity index is 0.884. The topological polar surface area (TPSA) is 103 Å². The molecule has 9 nitrogen and oxygen atoms in total. The molecule has 12 heteroatoms. The van der Waals surface area contributed by atoms with Crippen molar-refractivity contribution >= 4 is 17.7 Å². The van der Waals surface area contributed by atoms with Gasteiger partial charge in [-0.25, -0.2) is 18.0 Å². The Morgan fingerprint density at radius 1 is 0.870 bits per heavy atom. The van der Waals surface area contributed by atoms with Gasteiger partial charge in [-0.05, 0) is 100 Å². The van der Waals surface area contributed by atoms with Gasteiger partial charge in [-0.3, -0.25) is 9.69 Å². The maximum atomic E-state index is 15.4. The molecule has 4 saturated heterocycles. The van der Waals surface area contributed by atoms with Gasteiger partial charge in [0, 0.05) is 74.5 Å². The summed E-state index contributed by atoms with van der Waals surface area (Å²) in [5, 5.41) is 23.0. The predicted molar refractivity (Wildman–Crippen MR) is 201 cm³/mol. The number of anilines is 1. The number of benzene rings is 2. The van der Waals surface area contributed by atoms with E-state index in [2.05, 4.69) is 26.1 Å². The summed E-state index contributed by atoms with van der Waals surface area (Å²) in [6.07, 6.45) is 9.60. The van der Waals surface area contributed by atoms with Crippen LogP contribution in [0.2, 0.25) is 0 Å². The van der Waals surface area contributed by atoms with Crippen LogP contribution in [0.15, 0.2) is 60.7 Å². The van der Waals surface area contributed by atoms with Crippen LogP contribution in [0.4, 0.5) is 23.7 Å². The first-order valence-electron chi connectivity index (χ1n) is 19.9. The fourth-order valence-corrected chi connectivity index (χ4v) is 9.97. The van der Waals surface area contributed by atoms with Crippen LogP contribution in [-0.4, -0.2) is 103 Å². The Labute approximate surface area is 316 Å². The van der Waals surface area contributed by atoms with E-state index in [1.807, 2.05) is 12.1 Å². The van der Waals surface area contributed by atoms with Crippen LogP contribution < -0.4 is 10.2 Å². The van der Waals surface area contributed by atoms with E-state index in [0.717, 1.165) is 77.3 Å². The van der Waals surface area contributed by atoms with E-state index in [0.29, 0.717) is 24.3 Å². The number of amides is 2. The Morgan fingerprint density at radius 2 is 1.59 bits per heavy atom. The molecule has 7 rings (SSSR count). The van der Waals surface area contributed by atoms with Crippen molar-refractivity contribution in [2.45, 2.75) is 68.7 Å². The van der Waals surface area contributed by atoms with Gasteiger partial charge in [0.05, 0.1) is 17.4 Å². The van der Waals surface area contributed by atoms with Crippen LogP contribution >= 0.6 is 0 Å². The van der Waals surface area contributed by atoms with Gasteiger partial charge in [0.2, 0.25) is 5.91 Å². The normalized spacial score (nSPS) is 24.9. The highest BCUT2D eigenvalue weighted by Gasteiger charge is 2.53. The number of piperidine rings is 2. The minimum atomic E-state index is -3.01. The lowest BCUT2D eigenvalue weighted by Gasteiger charge is -2.48. The minimum absolute atomic E-state index is 0.0155. The highest BCUT2D eigenvalue weighted by Crippen LogP contribution is 2.50. The zero-order valence-corrected chi connectivity index (χ0v) is 31.0. The molecule has 0 bridgehead atoms. The third-order valence-corrected chi connectivity index (χ3v) is 13.0. The number of carbonyl (C=O) groups is 2. The summed E-state index contributed by atoms with van der Waals surface area (Å²) in [6, 6.07) is 15.2. The number of rotatable bonds is 12. The fourth-order valence-electron chi connectivity index (χ4n) is 9.97. The second kappa shape index (κ2) is 16.3. The third-order valence-electron chi connectivity index (χ3n) is 13.0. The zero-order valence-electron chi connectivity index (χ0n) is 31.0. The summed E-state index contributed by atoms with van der Waals surface area (Å²) in [4.78, 5) is 32.6. The van der Waals surface area contributed by atoms with Gasteiger partial charge in [-0.1, -0.05) is 43.2 Å². The quantitative estimate of drug-likeness (QED) is 0.241. The number of halogens is 3. The molecule has 5 aliphatic rings. The first kappa shape index (κ1) is 38.2. The van der Waals surface area contributed by atoms with E-state index < -0.39 is 29.2 Å². The number of hydrogen-bond donors (Lipinski definition) is 2. The molecule has 2 amide bonds. The summed E-state index contributed by atoms with van der Waals surface area (Å²) in [5.74, 6) is -4.35. The van der Waals surface area contributed by atoms with E-state index in [9.17, 15) is 24.3 Å². The number of nitriles is 1. The number of hydrogen-bond acceptors (Lipinski definition) is 6. The highest BCUT2D eigenvalue weighted by molar-refractivity contribution is 5.88. The zero-order chi connectivity index (χ0) is 37.9. The largest absolute Gasteiger partial charge is 0.465 e. The van der Waals surface area contributed by atoms with Gasteiger partial charge >= 0.3 is 6.09 Å². The highest BCUT2D eigenvalue weighted by atomic mass is 19.3. The van der Waals surface area contributed by atoms with Gasteiger partial charge in [0.15, 0.2) is 0 Å².